The summed E-state index contributed by atoms with van der Waals surface area (Å²) in [6, 6.07) is 18.0. The molecule has 0 aliphatic carbocycles. The molecule has 0 radical (unpaired) electrons. The molecular formula is C22H20IO3P. The molecule has 0 unspecified atom stereocenters. The quantitative estimate of drug-likeness (QED) is 0.399. The van der Waals surface area contributed by atoms with Crippen LogP contribution < -0.4 is 25.4 Å². The molecule has 0 N–H and O–H groups in total. The Kier molecular flexibility index (Phi) is 4.81. The van der Waals surface area contributed by atoms with Crippen LogP contribution in [0.5, 0.6) is 11.5 Å². The zero-order valence-electron chi connectivity index (χ0n) is 15.5. The number of aryl methyl sites for hydroxylation is 3. The van der Waals surface area contributed by atoms with Gasteiger partial charge in [0.05, 0.1) is 3.57 Å². The van der Waals surface area contributed by atoms with Crippen molar-refractivity contribution in [3.8, 4) is 11.5 Å². The summed E-state index contributed by atoms with van der Waals surface area (Å²) >= 11 is 2.24. The average Bonchev–Trinajstić information content (AvgIpc) is 3.16. The van der Waals surface area contributed by atoms with Gasteiger partial charge in [0.15, 0.2) is 18.6 Å². The number of fused-ring (bicyclic) bond motifs is 1. The molecule has 3 aromatic carbocycles. The molecule has 0 atom stereocenters. The number of halogens is 1. The summed E-state index contributed by atoms with van der Waals surface area (Å²) in [7, 11) is -3.06. The second kappa shape index (κ2) is 6.99. The number of hydrogen-bond donors (Lipinski definition) is 0. The van der Waals surface area contributed by atoms with E-state index in [2.05, 4.69) is 22.6 Å². The van der Waals surface area contributed by atoms with E-state index in [9.17, 15) is 4.57 Å². The minimum Gasteiger partial charge on any atom is -0.453 e. The molecule has 3 nitrogen and oxygen atoms in total. The number of ether oxygens (including phenoxy) is 2. The molecule has 0 bridgehead atoms. The van der Waals surface area contributed by atoms with Crippen LogP contribution in [0.4, 0.5) is 0 Å². The van der Waals surface area contributed by atoms with E-state index in [1.165, 1.54) is 0 Å². The third-order valence-electron chi connectivity index (χ3n) is 4.88. The van der Waals surface area contributed by atoms with Crippen molar-refractivity contribution in [1.29, 1.82) is 0 Å². The van der Waals surface area contributed by atoms with Gasteiger partial charge in [-0.05, 0) is 55.0 Å². The lowest BCUT2D eigenvalue weighted by molar-refractivity contribution is 0.173. The van der Waals surface area contributed by atoms with E-state index in [4.69, 9.17) is 9.47 Å². The van der Waals surface area contributed by atoms with Gasteiger partial charge in [0.1, 0.15) is 0 Å². The third kappa shape index (κ3) is 3.09. The second-order valence-corrected chi connectivity index (χ2v) is 10.7. The SMILES string of the molecule is Cc1ccc(P(=O)(c2ccc(C)cc2)c2cc(C)c3c(c2I)OCO3)cc1. The standard InChI is InChI=1S/C22H20IO3P/c1-14-4-8-17(9-5-14)27(24,18-10-6-15(2)7-11-18)19-12-16(3)21-22(20(19)23)26-13-25-21/h4-12H,13H2,1-3H3. The molecule has 5 heteroatoms. The summed E-state index contributed by atoms with van der Waals surface area (Å²) in [5, 5.41) is 2.46. The van der Waals surface area contributed by atoms with Gasteiger partial charge in [-0.15, -0.1) is 0 Å². The zero-order chi connectivity index (χ0) is 19.2. The number of hydrogen-bond acceptors (Lipinski definition) is 3. The molecule has 138 valence electrons. The van der Waals surface area contributed by atoms with E-state index in [0.29, 0.717) is 5.75 Å². The highest BCUT2D eigenvalue weighted by Gasteiger charge is 2.35. The van der Waals surface area contributed by atoms with Crippen LogP contribution in [0.1, 0.15) is 16.7 Å². The fraction of sp³-hybridized carbons (Fsp3) is 0.182. The molecule has 0 saturated carbocycles. The Labute approximate surface area is 173 Å². The minimum atomic E-state index is -3.06. The fourth-order valence-corrected chi connectivity index (χ4v) is 7.67. The Balaban J connectivity index is 2.03. The van der Waals surface area contributed by atoms with E-state index in [1.807, 2.05) is 75.4 Å². The molecule has 27 heavy (non-hydrogen) atoms. The molecule has 0 saturated heterocycles. The molecule has 3 aromatic rings. The lowest BCUT2D eigenvalue weighted by Crippen LogP contribution is -2.27. The summed E-state index contributed by atoms with van der Waals surface area (Å²) < 4.78 is 26.9. The van der Waals surface area contributed by atoms with E-state index in [-0.39, 0.29) is 6.79 Å². The van der Waals surface area contributed by atoms with Crippen molar-refractivity contribution in [2.24, 2.45) is 0 Å². The molecule has 4 rings (SSSR count). The summed E-state index contributed by atoms with van der Waals surface area (Å²) in [5.74, 6) is 1.45. The Hall–Kier alpha value is -1.78. The van der Waals surface area contributed by atoms with Crippen LogP contribution in [-0.4, -0.2) is 6.79 Å². The summed E-state index contributed by atoms with van der Waals surface area (Å²) in [5.41, 5.74) is 3.23. The van der Waals surface area contributed by atoms with E-state index in [0.717, 1.165) is 41.9 Å². The zero-order valence-corrected chi connectivity index (χ0v) is 18.5. The highest BCUT2D eigenvalue weighted by atomic mass is 127. The highest BCUT2D eigenvalue weighted by molar-refractivity contribution is 14.1. The first-order valence-electron chi connectivity index (χ1n) is 8.75. The maximum Gasteiger partial charge on any atom is 0.231 e. The van der Waals surface area contributed by atoms with Crippen LogP contribution in [0.25, 0.3) is 0 Å². The van der Waals surface area contributed by atoms with Crippen molar-refractivity contribution in [2.45, 2.75) is 20.8 Å². The van der Waals surface area contributed by atoms with E-state index < -0.39 is 7.14 Å². The average molecular weight is 490 g/mol. The van der Waals surface area contributed by atoms with Crippen molar-refractivity contribution in [3.05, 3.63) is 74.9 Å². The molecule has 0 fully saturated rings. The molecule has 1 heterocycles. The van der Waals surface area contributed by atoms with Crippen LogP contribution >= 0.6 is 29.7 Å². The van der Waals surface area contributed by atoms with Crippen molar-refractivity contribution in [3.63, 3.8) is 0 Å². The Bertz CT molecular complexity index is 1010. The van der Waals surface area contributed by atoms with Crippen LogP contribution in [0.15, 0.2) is 54.6 Å². The largest absolute Gasteiger partial charge is 0.453 e. The number of rotatable bonds is 3. The van der Waals surface area contributed by atoms with E-state index in [1.54, 1.807) is 0 Å². The first-order chi connectivity index (χ1) is 12.9. The minimum absolute atomic E-state index is 0.203. The predicted molar refractivity (Wildman–Crippen MR) is 119 cm³/mol. The fourth-order valence-electron chi connectivity index (χ4n) is 3.35. The normalized spacial score (nSPS) is 13.0. The molecular weight excluding hydrogens is 470 g/mol. The van der Waals surface area contributed by atoms with Gasteiger partial charge in [-0.3, -0.25) is 0 Å². The summed E-state index contributed by atoms with van der Waals surface area (Å²) in [6.07, 6.45) is 0. The van der Waals surface area contributed by atoms with Crippen molar-refractivity contribution >= 4 is 45.6 Å². The van der Waals surface area contributed by atoms with Crippen LogP contribution in [0.2, 0.25) is 0 Å². The van der Waals surface area contributed by atoms with Gasteiger partial charge < -0.3 is 14.0 Å². The Morgan fingerprint density at radius 2 is 1.30 bits per heavy atom. The van der Waals surface area contributed by atoms with Gasteiger partial charge in [0.25, 0.3) is 0 Å². The predicted octanol–water partition coefficient (Wildman–Crippen LogP) is 4.58. The first kappa shape index (κ1) is 18.6. The van der Waals surface area contributed by atoms with Crippen molar-refractivity contribution in [1.82, 2.24) is 0 Å². The molecule has 0 amide bonds. The molecule has 1 aliphatic heterocycles. The van der Waals surface area contributed by atoms with Crippen LogP contribution in [0, 0.1) is 24.3 Å². The monoisotopic (exact) mass is 490 g/mol. The van der Waals surface area contributed by atoms with Gasteiger partial charge in [-0.1, -0.05) is 59.7 Å². The van der Waals surface area contributed by atoms with Crippen molar-refractivity contribution in [2.75, 3.05) is 6.79 Å². The maximum absolute atomic E-state index is 14.7. The van der Waals surface area contributed by atoms with E-state index >= 15 is 0 Å². The van der Waals surface area contributed by atoms with Gasteiger partial charge in [0.2, 0.25) is 6.79 Å². The molecule has 1 aliphatic rings. The van der Waals surface area contributed by atoms with Gasteiger partial charge in [-0.2, -0.15) is 0 Å². The van der Waals surface area contributed by atoms with Gasteiger partial charge in [0, 0.05) is 15.9 Å². The lowest BCUT2D eigenvalue weighted by Gasteiger charge is -2.23. The summed E-state index contributed by atoms with van der Waals surface area (Å²) in [4.78, 5) is 0. The third-order valence-corrected chi connectivity index (χ3v) is 9.46. The topological polar surface area (TPSA) is 35.5 Å². The molecule has 0 aromatic heterocycles. The van der Waals surface area contributed by atoms with Gasteiger partial charge in [-0.25, -0.2) is 0 Å². The lowest BCUT2D eigenvalue weighted by atomic mass is 10.2. The maximum atomic E-state index is 14.7. The first-order valence-corrected chi connectivity index (χ1v) is 11.5. The Morgan fingerprint density at radius 3 is 1.81 bits per heavy atom. The number of benzene rings is 3. The summed E-state index contributed by atoms with van der Waals surface area (Å²) in [6.45, 7) is 6.25. The smallest absolute Gasteiger partial charge is 0.231 e. The van der Waals surface area contributed by atoms with Crippen LogP contribution in [-0.2, 0) is 4.57 Å². The van der Waals surface area contributed by atoms with Gasteiger partial charge >= 0.3 is 0 Å². The molecule has 0 spiro atoms. The highest BCUT2D eigenvalue weighted by Crippen LogP contribution is 2.48. The van der Waals surface area contributed by atoms with Crippen molar-refractivity contribution < 1.29 is 14.0 Å². The Morgan fingerprint density at radius 1 is 0.815 bits per heavy atom. The second-order valence-electron chi connectivity index (χ2n) is 6.87. The van der Waals surface area contributed by atoms with Crippen LogP contribution in [0.3, 0.4) is 0 Å².